The quantitative estimate of drug-likeness (QED) is 0.834. The third-order valence-corrected chi connectivity index (χ3v) is 6.37. The summed E-state index contributed by atoms with van der Waals surface area (Å²) in [5.41, 5.74) is 0. The Morgan fingerprint density at radius 1 is 1.47 bits per heavy atom. The lowest BCUT2D eigenvalue weighted by Crippen LogP contribution is -2.42. The average molecular weight is 323 g/mol. The summed E-state index contributed by atoms with van der Waals surface area (Å²) in [4.78, 5) is 12.9. The molecule has 1 aliphatic heterocycles. The van der Waals surface area contributed by atoms with E-state index in [-0.39, 0.29) is 11.5 Å². The molecule has 0 aromatic carbocycles. The number of halogens is 1. The Morgan fingerprint density at radius 2 is 2.21 bits per heavy atom. The fraction of sp³-hybridized carbons (Fsp3) is 0.545. The van der Waals surface area contributed by atoms with Gasteiger partial charge in [-0.15, -0.1) is 22.9 Å². The molecular formula is C11H15ClN2O3S2. The summed E-state index contributed by atoms with van der Waals surface area (Å²) < 4.78 is 22.8. The van der Waals surface area contributed by atoms with E-state index < -0.39 is 27.3 Å². The third-order valence-electron chi connectivity index (χ3n) is 2.85. The summed E-state index contributed by atoms with van der Waals surface area (Å²) in [6.07, 6.45) is 0.915. The predicted octanol–water partition coefficient (Wildman–Crippen LogP) is 1.84. The van der Waals surface area contributed by atoms with Gasteiger partial charge in [-0.3, -0.25) is 5.32 Å². The number of carbonyl (C=O) groups excluding carboxylic acids is 1. The van der Waals surface area contributed by atoms with Crippen molar-refractivity contribution in [1.82, 2.24) is 5.32 Å². The maximum Gasteiger partial charge on any atom is 0.320 e. The molecule has 0 spiro atoms. The van der Waals surface area contributed by atoms with Gasteiger partial charge in [0.25, 0.3) is 0 Å². The van der Waals surface area contributed by atoms with Crippen molar-refractivity contribution in [1.29, 1.82) is 0 Å². The summed E-state index contributed by atoms with van der Waals surface area (Å²) >= 11 is 7.41. The molecule has 1 fully saturated rings. The van der Waals surface area contributed by atoms with Gasteiger partial charge in [-0.05, 0) is 18.6 Å². The van der Waals surface area contributed by atoms with Crippen molar-refractivity contribution in [2.24, 2.45) is 0 Å². The first kappa shape index (κ1) is 14.6. The van der Waals surface area contributed by atoms with E-state index in [0.29, 0.717) is 0 Å². The smallest absolute Gasteiger partial charge is 0.320 e. The van der Waals surface area contributed by atoms with Crippen LogP contribution in [-0.2, 0) is 16.3 Å². The minimum Gasteiger partial charge on any atom is -0.333 e. The Hall–Kier alpha value is -0.790. The molecule has 1 saturated heterocycles. The van der Waals surface area contributed by atoms with Crippen LogP contribution in [0.4, 0.5) is 9.80 Å². The first-order chi connectivity index (χ1) is 8.89. The minimum absolute atomic E-state index is 0.0848. The van der Waals surface area contributed by atoms with E-state index in [1.165, 1.54) is 16.2 Å². The van der Waals surface area contributed by atoms with Gasteiger partial charge in [0.15, 0.2) is 9.84 Å². The molecule has 0 radical (unpaired) electrons. The van der Waals surface area contributed by atoms with Crippen molar-refractivity contribution in [2.75, 3.05) is 16.8 Å². The van der Waals surface area contributed by atoms with Crippen molar-refractivity contribution in [3.8, 4) is 0 Å². The van der Waals surface area contributed by atoms with E-state index in [4.69, 9.17) is 11.6 Å². The fourth-order valence-corrected chi connectivity index (χ4v) is 5.28. The topological polar surface area (TPSA) is 75.3 Å². The van der Waals surface area contributed by atoms with Crippen LogP contribution in [0.5, 0.6) is 0 Å². The van der Waals surface area contributed by atoms with Crippen LogP contribution in [0.1, 0.15) is 11.8 Å². The molecule has 1 aromatic heterocycles. The first-order valence-electron chi connectivity index (χ1n) is 5.90. The number of nitrogens with one attached hydrogen (secondary N) is 2. The summed E-state index contributed by atoms with van der Waals surface area (Å²) in [7, 11) is -3.13. The number of rotatable bonds is 3. The van der Waals surface area contributed by atoms with Crippen LogP contribution in [0.15, 0.2) is 12.1 Å². The lowest BCUT2D eigenvalue weighted by atomic mass is 10.2. The van der Waals surface area contributed by atoms with Crippen LogP contribution in [0, 0.1) is 0 Å². The maximum absolute atomic E-state index is 11.8. The molecule has 8 heteroatoms. The second-order valence-corrected chi connectivity index (χ2v) is 8.30. The molecule has 19 heavy (non-hydrogen) atoms. The number of amides is 2. The summed E-state index contributed by atoms with van der Waals surface area (Å²) in [5.74, 6) is -0.183. The third kappa shape index (κ3) is 3.84. The van der Waals surface area contributed by atoms with Crippen molar-refractivity contribution in [3.05, 3.63) is 17.0 Å². The summed E-state index contributed by atoms with van der Waals surface area (Å²) in [6, 6.07) is 2.83. The Morgan fingerprint density at radius 3 is 2.74 bits per heavy atom. The molecule has 2 rings (SSSR count). The highest BCUT2D eigenvalue weighted by atomic mass is 35.5. The van der Waals surface area contributed by atoms with E-state index in [1.807, 2.05) is 19.1 Å². The van der Waals surface area contributed by atoms with Gasteiger partial charge >= 0.3 is 6.03 Å². The summed E-state index contributed by atoms with van der Waals surface area (Å²) in [6.45, 7) is 2.04. The maximum atomic E-state index is 11.8. The van der Waals surface area contributed by atoms with Crippen LogP contribution >= 0.6 is 22.9 Å². The van der Waals surface area contributed by atoms with Crippen LogP contribution in [0.3, 0.4) is 0 Å². The monoisotopic (exact) mass is 322 g/mol. The largest absolute Gasteiger partial charge is 0.333 e. The molecule has 2 N–H and O–H groups in total. The Bertz CT molecular complexity index is 570. The number of alkyl halides is 1. The van der Waals surface area contributed by atoms with Crippen molar-refractivity contribution >= 4 is 43.8 Å². The lowest BCUT2D eigenvalue weighted by Gasteiger charge is -2.14. The van der Waals surface area contributed by atoms with Crippen molar-refractivity contribution < 1.29 is 13.2 Å². The second-order valence-electron chi connectivity index (χ2n) is 4.42. The van der Waals surface area contributed by atoms with Gasteiger partial charge in [0.2, 0.25) is 0 Å². The molecule has 0 unspecified atom stereocenters. The standard InChI is InChI=1S/C11H15ClN2O3S2/c1-2-7-3-4-10(18-7)14-11(15)13-9-6-19(16,17)5-8(9)12/h3-4,8-9H,2,5-6H2,1H3,(H2,13,14,15)/t8-,9-/m0/s1. The van der Waals surface area contributed by atoms with E-state index in [0.717, 1.165) is 11.4 Å². The SMILES string of the molecule is CCc1ccc(NC(=O)N[C@H]2CS(=O)(=O)C[C@@H]2Cl)s1. The number of hydrogen-bond donors (Lipinski definition) is 2. The van der Waals surface area contributed by atoms with Gasteiger partial charge in [0, 0.05) is 4.88 Å². The molecule has 1 aromatic rings. The molecule has 0 bridgehead atoms. The second kappa shape index (κ2) is 5.68. The molecule has 0 saturated carbocycles. The number of carbonyl (C=O) groups is 1. The molecule has 1 aliphatic rings. The predicted molar refractivity (Wildman–Crippen MR) is 77.9 cm³/mol. The fourth-order valence-electron chi connectivity index (χ4n) is 1.89. The zero-order valence-corrected chi connectivity index (χ0v) is 12.7. The molecule has 106 valence electrons. The number of thiophene rings is 1. The number of aryl methyl sites for hydroxylation is 1. The molecular weight excluding hydrogens is 308 g/mol. The van der Waals surface area contributed by atoms with Crippen molar-refractivity contribution in [3.63, 3.8) is 0 Å². The normalized spacial score (nSPS) is 25.2. The Labute approximate surface area is 121 Å². The van der Waals surface area contributed by atoms with Gasteiger partial charge in [-0.2, -0.15) is 0 Å². The zero-order chi connectivity index (χ0) is 14.0. The van der Waals surface area contributed by atoms with E-state index in [1.54, 1.807) is 0 Å². The van der Waals surface area contributed by atoms with E-state index in [9.17, 15) is 13.2 Å². The Balaban J connectivity index is 1.91. The highest BCUT2D eigenvalue weighted by Gasteiger charge is 2.37. The van der Waals surface area contributed by atoms with Crippen LogP contribution in [0.2, 0.25) is 0 Å². The number of anilines is 1. The van der Waals surface area contributed by atoms with E-state index in [2.05, 4.69) is 10.6 Å². The van der Waals surface area contributed by atoms with Crippen LogP contribution < -0.4 is 10.6 Å². The molecule has 2 atom stereocenters. The molecule has 2 amide bonds. The van der Waals surface area contributed by atoms with Gasteiger partial charge in [-0.25, -0.2) is 13.2 Å². The van der Waals surface area contributed by atoms with Crippen molar-refractivity contribution in [2.45, 2.75) is 24.8 Å². The number of urea groups is 1. The average Bonchev–Trinajstić information content (AvgIpc) is 2.83. The molecule has 2 heterocycles. The van der Waals surface area contributed by atoms with Gasteiger partial charge in [0.05, 0.1) is 27.9 Å². The highest BCUT2D eigenvalue weighted by Crippen LogP contribution is 2.22. The summed E-state index contributed by atoms with van der Waals surface area (Å²) in [5, 5.41) is 5.46. The lowest BCUT2D eigenvalue weighted by molar-refractivity contribution is 0.249. The zero-order valence-electron chi connectivity index (χ0n) is 10.3. The van der Waals surface area contributed by atoms with Crippen LogP contribution in [0.25, 0.3) is 0 Å². The van der Waals surface area contributed by atoms with E-state index >= 15 is 0 Å². The van der Waals surface area contributed by atoms with Gasteiger partial charge in [0.1, 0.15) is 0 Å². The molecule has 0 aliphatic carbocycles. The highest BCUT2D eigenvalue weighted by molar-refractivity contribution is 7.91. The first-order valence-corrected chi connectivity index (χ1v) is 8.98. The van der Waals surface area contributed by atoms with Gasteiger partial charge in [-0.1, -0.05) is 6.92 Å². The van der Waals surface area contributed by atoms with Gasteiger partial charge < -0.3 is 5.32 Å². The van der Waals surface area contributed by atoms with Crippen LogP contribution in [-0.4, -0.2) is 37.4 Å². The molecule has 5 nitrogen and oxygen atoms in total. The number of hydrogen-bond acceptors (Lipinski definition) is 4. The Kier molecular flexibility index (Phi) is 4.37. The number of sulfone groups is 1. The minimum atomic E-state index is -3.13.